The van der Waals surface area contributed by atoms with Gasteiger partial charge >= 0.3 is 0 Å². The van der Waals surface area contributed by atoms with Gasteiger partial charge in [0.1, 0.15) is 17.3 Å². The number of methoxy groups -OCH3 is 1. The standard InChI is InChI=1S/C21H21F3O2/c1-13(7-9-17-10-11-18(25)12-19(17)22)6-8-14(2)15(3)20(23)21(24)16(4)26-5/h6,8,10-12,25H,1-4,7,9H2,5H3/b8-6-,21-20-. The third-order valence-electron chi connectivity index (χ3n) is 3.61. The Balaban J connectivity index is 2.68. The number of aryl methyl sites for hydroxylation is 1. The SMILES string of the molecule is C=C(/C=C\C(=C)C(=C)/C(F)=C(/F)C(=C)OC)CCc1ccc(O)cc1F. The Hall–Kier alpha value is -2.95. The Bertz CT molecular complexity index is 801. The van der Waals surface area contributed by atoms with Gasteiger partial charge in [-0.25, -0.2) is 8.78 Å². The lowest BCUT2D eigenvalue weighted by Crippen LogP contribution is -1.93. The molecule has 0 radical (unpaired) electrons. The summed E-state index contributed by atoms with van der Waals surface area (Å²) in [6.07, 6.45) is 3.83. The molecule has 138 valence electrons. The number of aromatic hydroxyl groups is 1. The molecule has 0 saturated heterocycles. The minimum Gasteiger partial charge on any atom is -0.508 e. The molecule has 0 saturated carbocycles. The first-order valence-corrected chi connectivity index (χ1v) is 7.67. The van der Waals surface area contributed by atoms with Crippen LogP contribution in [-0.4, -0.2) is 12.2 Å². The second-order valence-electron chi connectivity index (χ2n) is 5.53. The van der Waals surface area contributed by atoms with Crippen LogP contribution in [-0.2, 0) is 11.2 Å². The highest BCUT2D eigenvalue weighted by atomic mass is 19.2. The largest absolute Gasteiger partial charge is 0.508 e. The summed E-state index contributed by atoms with van der Waals surface area (Å²) in [6.45, 7) is 14.1. The third kappa shape index (κ3) is 5.84. The topological polar surface area (TPSA) is 29.5 Å². The van der Waals surface area contributed by atoms with E-state index in [1.165, 1.54) is 25.3 Å². The van der Waals surface area contributed by atoms with Gasteiger partial charge in [-0.1, -0.05) is 50.1 Å². The number of phenols is 1. The van der Waals surface area contributed by atoms with Crippen LogP contribution >= 0.6 is 0 Å². The minimum atomic E-state index is -1.24. The van der Waals surface area contributed by atoms with E-state index < -0.39 is 23.2 Å². The number of ether oxygens (including phenoxy) is 1. The zero-order chi connectivity index (χ0) is 19.9. The Kier molecular flexibility index (Phi) is 7.72. The van der Waals surface area contributed by atoms with Crippen LogP contribution in [0.3, 0.4) is 0 Å². The van der Waals surface area contributed by atoms with E-state index in [0.717, 1.165) is 6.07 Å². The van der Waals surface area contributed by atoms with Crippen LogP contribution in [0.15, 0.2) is 90.8 Å². The first-order chi connectivity index (χ1) is 12.2. The molecule has 2 nitrogen and oxygen atoms in total. The number of benzene rings is 1. The van der Waals surface area contributed by atoms with Gasteiger partial charge < -0.3 is 9.84 Å². The van der Waals surface area contributed by atoms with E-state index in [-0.39, 0.29) is 16.9 Å². The van der Waals surface area contributed by atoms with Crippen LogP contribution in [0.25, 0.3) is 0 Å². The molecule has 0 aliphatic carbocycles. The molecule has 1 rings (SSSR count). The highest BCUT2D eigenvalue weighted by Gasteiger charge is 2.14. The lowest BCUT2D eigenvalue weighted by atomic mass is 10.0. The summed E-state index contributed by atoms with van der Waals surface area (Å²) < 4.78 is 45.8. The average molecular weight is 362 g/mol. The van der Waals surface area contributed by atoms with Gasteiger partial charge in [0.2, 0.25) is 5.83 Å². The Morgan fingerprint density at radius 3 is 2.35 bits per heavy atom. The van der Waals surface area contributed by atoms with Gasteiger partial charge in [0.25, 0.3) is 0 Å². The number of phenolic OH excluding ortho intramolecular Hbond substituents is 1. The minimum absolute atomic E-state index is 0.141. The van der Waals surface area contributed by atoms with Crippen molar-refractivity contribution in [2.45, 2.75) is 12.8 Å². The summed E-state index contributed by atoms with van der Waals surface area (Å²) in [7, 11) is 1.17. The normalized spacial score (nSPS) is 11.8. The molecule has 0 amide bonds. The Morgan fingerprint density at radius 1 is 1.12 bits per heavy atom. The van der Waals surface area contributed by atoms with Crippen LogP contribution < -0.4 is 0 Å². The predicted molar refractivity (Wildman–Crippen MR) is 98.3 cm³/mol. The van der Waals surface area contributed by atoms with Crippen LogP contribution in [0.2, 0.25) is 0 Å². The van der Waals surface area contributed by atoms with Crippen molar-refractivity contribution < 1.29 is 23.0 Å². The smallest absolute Gasteiger partial charge is 0.200 e. The molecular weight excluding hydrogens is 341 g/mol. The molecule has 1 aromatic rings. The van der Waals surface area contributed by atoms with Crippen molar-refractivity contribution in [3.63, 3.8) is 0 Å². The number of hydrogen-bond acceptors (Lipinski definition) is 2. The van der Waals surface area contributed by atoms with E-state index in [1.807, 2.05) is 0 Å². The van der Waals surface area contributed by atoms with E-state index in [2.05, 4.69) is 31.1 Å². The Labute approximate surface area is 151 Å². The fourth-order valence-corrected chi connectivity index (χ4v) is 1.92. The lowest BCUT2D eigenvalue weighted by molar-refractivity contribution is 0.281. The molecule has 0 aromatic heterocycles. The van der Waals surface area contributed by atoms with E-state index in [4.69, 9.17) is 0 Å². The first kappa shape index (κ1) is 21.1. The molecule has 5 heteroatoms. The summed E-state index contributed by atoms with van der Waals surface area (Å²) in [5.41, 5.74) is 0.986. The maximum atomic E-state index is 13.9. The molecule has 26 heavy (non-hydrogen) atoms. The second kappa shape index (κ2) is 9.51. The van der Waals surface area contributed by atoms with Gasteiger partial charge in [0, 0.05) is 11.6 Å². The molecule has 0 heterocycles. The fraction of sp³-hybridized carbons (Fsp3) is 0.143. The Morgan fingerprint density at radius 2 is 1.77 bits per heavy atom. The van der Waals surface area contributed by atoms with Crippen molar-refractivity contribution in [3.8, 4) is 5.75 Å². The summed E-state index contributed by atoms with van der Waals surface area (Å²) >= 11 is 0. The summed E-state index contributed by atoms with van der Waals surface area (Å²) in [4.78, 5) is 0. The monoisotopic (exact) mass is 362 g/mol. The number of halogens is 3. The van der Waals surface area contributed by atoms with Crippen molar-refractivity contribution in [1.29, 1.82) is 0 Å². The van der Waals surface area contributed by atoms with Gasteiger partial charge in [0.15, 0.2) is 5.83 Å². The average Bonchev–Trinajstić information content (AvgIpc) is 2.62. The molecule has 0 aliphatic heterocycles. The van der Waals surface area contributed by atoms with E-state index in [0.29, 0.717) is 24.0 Å². The lowest BCUT2D eigenvalue weighted by Gasteiger charge is -2.07. The number of rotatable bonds is 9. The summed E-state index contributed by atoms with van der Waals surface area (Å²) in [5, 5.41) is 9.19. The fourth-order valence-electron chi connectivity index (χ4n) is 1.92. The van der Waals surface area contributed by atoms with Crippen molar-refractivity contribution in [1.82, 2.24) is 0 Å². The molecule has 0 bridgehead atoms. The van der Waals surface area contributed by atoms with Crippen LogP contribution in [0.1, 0.15) is 12.0 Å². The van der Waals surface area contributed by atoms with Gasteiger partial charge in [-0.05, 0) is 30.0 Å². The van der Waals surface area contributed by atoms with Gasteiger partial charge in [-0.3, -0.25) is 0 Å². The van der Waals surface area contributed by atoms with Gasteiger partial charge in [-0.2, -0.15) is 4.39 Å². The van der Waals surface area contributed by atoms with Crippen molar-refractivity contribution in [2.75, 3.05) is 7.11 Å². The van der Waals surface area contributed by atoms with Crippen molar-refractivity contribution >= 4 is 0 Å². The second-order valence-corrected chi connectivity index (χ2v) is 5.53. The summed E-state index contributed by atoms with van der Waals surface area (Å²) in [5.74, 6) is -3.53. The maximum absolute atomic E-state index is 13.9. The van der Waals surface area contributed by atoms with Crippen molar-refractivity contribution in [2.24, 2.45) is 0 Å². The van der Waals surface area contributed by atoms with Crippen LogP contribution in [0.4, 0.5) is 13.2 Å². The zero-order valence-corrected chi connectivity index (χ0v) is 14.6. The molecule has 0 aliphatic rings. The molecular formula is C21H21F3O2. The predicted octanol–water partition coefficient (Wildman–Crippen LogP) is 6.00. The first-order valence-electron chi connectivity index (χ1n) is 7.67. The molecule has 0 unspecified atom stereocenters. The van der Waals surface area contributed by atoms with E-state index in [9.17, 15) is 18.3 Å². The highest BCUT2D eigenvalue weighted by molar-refractivity contribution is 5.49. The van der Waals surface area contributed by atoms with E-state index >= 15 is 0 Å². The maximum Gasteiger partial charge on any atom is 0.200 e. The van der Waals surface area contributed by atoms with Crippen LogP contribution in [0, 0.1) is 5.82 Å². The summed E-state index contributed by atoms with van der Waals surface area (Å²) in [6, 6.07) is 3.94. The number of hydrogen-bond donors (Lipinski definition) is 1. The molecule has 1 N–H and O–H groups in total. The molecule has 0 atom stereocenters. The quantitative estimate of drug-likeness (QED) is 0.431. The van der Waals surface area contributed by atoms with Crippen molar-refractivity contribution in [3.05, 3.63) is 102 Å². The third-order valence-corrected chi connectivity index (χ3v) is 3.61. The molecule has 0 spiro atoms. The molecule has 1 aromatic carbocycles. The van der Waals surface area contributed by atoms with Crippen LogP contribution in [0.5, 0.6) is 5.75 Å². The zero-order valence-electron chi connectivity index (χ0n) is 14.6. The van der Waals surface area contributed by atoms with Gasteiger partial charge in [0.05, 0.1) is 7.11 Å². The van der Waals surface area contributed by atoms with E-state index in [1.54, 1.807) is 6.08 Å². The highest BCUT2D eigenvalue weighted by Crippen LogP contribution is 2.27. The molecule has 0 fully saturated rings. The number of allylic oxidation sites excluding steroid dienone is 7. The van der Waals surface area contributed by atoms with Gasteiger partial charge in [-0.15, -0.1) is 0 Å².